The Bertz CT molecular complexity index is 750. The van der Waals surface area contributed by atoms with Crippen LogP contribution in [0.25, 0.3) is 0 Å². The minimum atomic E-state index is -0.241. The summed E-state index contributed by atoms with van der Waals surface area (Å²) in [6.45, 7) is 1.80. The highest BCUT2D eigenvalue weighted by Crippen LogP contribution is 2.35. The van der Waals surface area contributed by atoms with Crippen molar-refractivity contribution in [3.05, 3.63) is 48.0 Å². The minimum Gasteiger partial charge on any atom is -0.489 e. The van der Waals surface area contributed by atoms with Crippen LogP contribution in [0.2, 0.25) is 0 Å². The van der Waals surface area contributed by atoms with Gasteiger partial charge in [0.1, 0.15) is 12.4 Å². The van der Waals surface area contributed by atoms with Crippen LogP contribution in [0.1, 0.15) is 12.0 Å². The van der Waals surface area contributed by atoms with E-state index >= 15 is 0 Å². The van der Waals surface area contributed by atoms with E-state index < -0.39 is 0 Å². The van der Waals surface area contributed by atoms with Crippen molar-refractivity contribution >= 4 is 11.7 Å². The summed E-state index contributed by atoms with van der Waals surface area (Å²) in [6.07, 6.45) is 0.771. The molecule has 1 heterocycles. The van der Waals surface area contributed by atoms with Crippen molar-refractivity contribution in [1.29, 1.82) is 0 Å². The van der Waals surface area contributed by atoms with Crippen LogP contribution in [0.3, 0.4) is 0 Å². The molecule has 0 bridgehead atoms. The van der Waals surface area contributed by atoms with Gasteiger partial charge in [-0.25, -0.2) is 4.79 Å². The molecule has 7 nitrogen and oxygen atoms in total. The largest absolute Gasteiger partial charge is 0.489 e. The van der Waals surface area contributed by atoms with Gasteiger partial charge in [-0.2, -0.15) is 0 Å². The minimum absolute atomic E-state index is 0.236. The smallest absolute Gasteiger partial charge is 0.319 e. The molecule has 0 atom stereocenters. The number of urea groups is 1. The summed E-state index contributed by atoms with van der Waals surface area (Å²) in [5.41, 5.74) is 1.65. The molecule has 1 aliphatic heterocycles. The zero-order valence-corrected chi connectivity index (χ0v) is 14.6. The summed E-state index contributed by atoms with van der Waals surface area (Å²) in [7, 11) is 1.64. The lowest BCUT2D eigenvalue weighted by molar-refractivity contribution is 0.173. The first-order valence-corrected chi connectivity index (χ1v) is 8.40. The van der Waals surface area contributed by atoms with Crippen molar-refractivity contribution in [3.8, 4) is 17.2 Å². The molecule has 2 amide bonds. The van der Waals surface area contributed by atoms with Crippen LogP contribution >= 0.6 is 0 Å². The number of ether oxygens (including phenoxy) is 4. The Morgan fingerprint density at radius 2 is 2.04 bits per heavy atom. The predicted molar refractivity (Wildman–Crippen MR) is 96.9 cm³/mol. The van der Waals surface area contributed by atoms with E-state index in [-0.39, 0.29) is 12.8 Å². The van der Waals surface area contributed by atoms with Crippen LogP contribution in [0.15, 0.2) is 42.5 Å². The second-order valence-corrected chi connectivity index (χ2v) is 5.73. The summed E-state index contributed by atoms with van der Waals surface area (Å²) < 4.78 is 21.4. The van der Waals surface area contributed by atoms with E-state index in [0.29, 0.717) is 36.9 Å². The fourth-order valence-corrected chi connectivity index (χ4v) is 2.47. The molecule has 138 valence electrons. The molecule has 0 radical (unpaired) electrons. The van der Waals surface area contributed by atoms with Gasteiger partial charge in [-0.15, -0.1) is 0 Å². The summed E-state index contributed by atoms with van der Waals surface area (Å²) in [6, 6.07) is 12.7. The van der Waals surface area contributed by atoms with Gasteiger partial charge in [-0.1, -0.05) is 12.1 Å². The molecule has 26 heavy (non-hydrogen) atoms. The van der Waals surface area contributed by atoms with E-state index in [2.05, 4.69) is 10.6 Å². The van der Waals surface area contributed by atoms with E-state index in [9.17, 15) is 4.79 Å². The number of nitrogens with one attached hydrogen (secondary N) is 2. The SMILES string of the molecule is COCCCNC(=O)Nc1cccc(COc2ccc3c(c2)OCO3)c1. The van der Waals surface area contributed by atoms with Gasteiger partial charge < -0.3 is 29.6 Å². The maximum absolute atomic E-state index is 11.9. The van der Waals surface area contributed by atoms with Crippen LogP contribution in [-0.4, -0.2) is 33.1 Å². The number of rotatable bonds is 8. The number of benzene rings is 2. The quantitative estimate of drug-likeness (QED) is 0.709. The highest BCUT2D eigenvalue weighted by Gasteiger charge is 2.13. The first kappa shape index (κ1) is 17.9. The average Bonchev–Trinajstić information content (AvgIpc) is 3.12. The topological polar surface area (TPSA) is 78.1 Å². The molecule has 1 aliphatic rings. The number of hydrogen-bond acceptors (Lipinski definition) is 5. The third-order valence-corrected chi connectivity index (χ3v) is 3.75. The second-order valence-electron chi connectivity index (χ2n) is 5.73. The Kier molecular flexibility index (Phi) is 6.16. The lowest BCUT2D eigenvalue weighted by Gasteiger charge is -2.10. The summed E-state index contributed by atoms with van der Waals surface area (Å²) in [5, 5.41) is 5.59. The number of anilines is 1. The molecule has 2 aromatic rings. The number of hydrogen-bond donors (Lipinski definition) is 2. The average molecular weight is 358 g/mol. The van der Waals surface area contributed by atoms with Crippen LogP contribution < -0.4 is 24.8 Å². The van der Waals surface area contributed by atoms with Crippen molar-refractivity contribution in [2.45, 2.75) is 13.0 Å². The molecule has 7 heteroatoms. The first-order valence-electron chi connectivity index (χ1n) is 8.40. The molecule has 0 fully saturated rings. The number of carbonyl (C=O) groups excluding carboxylic acids is 1. The molecule has 0 unspecified atom stereocenters. The van der Waals surface area contributed by atoms with Crippen LogP contribution in [-0.2, 0) is 11.3 Å². The number of carbonyl (C=O) groups is 1. The molecule has 2 N–H and O–H groups in total. The number of fused-ring (bicyclic) bond motifs is 1. The molecule has 0 spiro atoms. The van der Waals surface area contributed by atoms with Gasteiger partial charge in [-0.05, 0) is 36.2 Å². The van der Waals surface area contributed by atoms with Gasteiger partial charge in [0.05, 0.1) is 0 Å². The Balaban J connectivity index is 1.50. The van der Waals surface area contributed by atoms with Crippen molar-refractivity contribution in [3.63, 3.8) is 0 Å². The van der Waals surface area contributed by atoms with Gasteiger partial charge in [0, 0.05) is 32.0 Å². The monoisotopic (exact) mass is 358 g/mol. The first-order chi connectivity index (χ1) is 12.7. The van der Waals surface area contributed by atoms with E-state index in [1.807, 2.05) is 36.4 Å². The third-order valence-electron chi connectivity index (χ3n) is 3.75. The lowest BCUT2D eigenvalue weighted by Crippen LogP contribution is -2.30. The van der Waals surface area contributed by atoms with Gasteiger partial charge in [-0.3, -0.25) is 0 Å². The lowest BCUT2D eigenvalue weighted by atomic mass is 10.2. The summed E-state index contributed by atoms with van der Waals surface area (Å²) >= 11 is 0. The van der Waals surface area contributed by atoms with E-state index in [4.69, 9.17) is 18.9 Å². The Morgan fingerprint density at radius 1 is 1.15 bits per heavy atom. The third kappa shape index (κ3) is 5.03. The van der Waals surface area contributed by atoms with Crippen LogP contribution in [0, 0.1) is 0 Å². The molecule has 0 saturated heterocycles. The zero-order valence-electron chi connectivity index (χ0n) is 14.6. The van der Waals surface area contributed by atoms with Gasteiger partial charge in [0.2, 0.25) is 6.79 Å². The van der Waals surface area contributed by atoms with Crippen molar-refractivity contribution in [2.75, 3.05) is 32.4 Å². The molecule has 3 rings (SSSR count). The maximum Gasteiger partial charge on any atom is 0.319 e. The van der Waals surface area contributed by atoms with E-state index in [1.165, 1.54) is 0 Å². The van der Waals surface area contributed by atoms with E-state index in [0.717, 1.165) is 17.7 Å². The Labute approximate surface area is 152 Å². The number of amides is 2. The molecular formula is C19H22N2O5. The fourth-order valence-electron chi connectivity index (χ4n) is 2.47. The normalized spacial score (nSPS) is 11.9. The van der Waals surface area contributed by atoms with Crippen LogP contribution in [0.4, 0.5) is 10.5 Å². The fraction of sp³-hybridized carbons (Fsp3) is 0.316. The van der Waals surface area contributed by atoms with Gasteiger partial charge in [0.15, 0.2) is 11.5 Å². The highest BCUT2D eigenvalue weighted by atomic mass is 16.7. The van der Waals surface area contributed by atoms with Gasteiger partial charge >= 0.3 is 6.03 Å². The highest BCUT2D eigenvalue weighted by molar-refractivity contribution is 5.89. The second kappa shape index (κ2) is 8.96. The van der Waals surface area contributed by atoms with Crippen molar-refractivity contribution in [1.82, 2.24) is 5.32 Å². The van der Waals surface area contributed by atoms with E-state index in [1.54, 1.807) is 13.2 Å². The van der Waals surface area contributed by atoms with Crippen molar-refractivity contribution < 1.29 is 23.7 Å². The predicted octanol–water partition coefficient (Wildman–Crippen LogP) is 3.15. The Morgan fingerprint density at radius 3 is 2.92 bits per heavy atom. The zero-order chi connectivity index (χ0) is 18.2. The van der Waals surface area contributed by atoms with Gasteiger partial charge in [0.25, 0.3) is 0 Å². The molecule has 2 aromatic carbocycles. The molecule has 0 saturated carbocycles. The maximum atomic E-state index is 11.9. The summed E-state index contributed by atoms with van der Waals surface area (Å²) in [4.78, 5) is 11.9. The number of methoxy groups -OCH3 is 1. The Hall–Kier alpha value is -2.93. The standard InChI is InChI=1S/C19H22N2O5/c1-23-9-3-8-20-19(22)21-15-5-2-4-14(10-15)12-24-16-6-7-17-18(11-16)26-13-25-17/h2,4-7,10-11H,3,8-9,12-13H2,1H3,(H2,20,21,22). The van der Waals surface area contributed by atoms with Crippen LogP contribution in [0.5, 0.6) is 17.2 Å². The molecule has 0 aromatic heterocycles. The van der Waals surface area contributed by atoms with Crippen molar-refractivity contribution in [2.24, 2.45) is 0 Å². The molecule has 0 aliphatic carbocycles. The summed E-state index contributed by atoms with van der Waals surface area (Å²) in [5.74, 6) is 2.10. The molecular weight excluding hydrogens is 336 g/mol.